The Balaban J connectivity index is 0.00000112. The van der Waals surface area contributed by atoms with Gasteiger partial charge in [-0.15, -0.1) is 9.88 Å². The van der Waals surface area contributed by atoms with Crippen molar-refractivity contribution >= 4 is 5.97 Å². The van der Waals surface area contributed by atoms with Gasteiger partial charge in [-0.2, -0.15) is 43.9 Å². The van der Waals surface area contributed by atoms with Gasteiger partial charge in [0.1, 0.15) is 0 Å². The average molecular weight is 742 g/mol. The summed E-state index contributed by atoms with van der Waals surface area (Å²) < 4.78 is 344. The molecule has 0 aromatic rings. The summed E-state index contributed by atoms with van der Waals surface area (Å²) in [6.07, 6.45) is -16.7. The molecule has 1 N–H and O–H groups in total. The van der Waals surface area contributed by atoms with Gasteiger partial charge in [0.15, 0.2) is 0 Å². The summed E-state index contributed by atoms with van der Waals surface area (Å²) >= 11 is 0. The first kappa shape index (κ1) is 39.6. The third-order valence-corrected chi connectivity index (χ3v) is 7.65. The van der Waals surface area contributed by atoms with Crippen LogP contribution in [0.25, 0.3) is 0 Å². The minimum atomic E-state index is -9.74. The Morgan fingerprint density at radius 1 is 0.522 bits per heavy atom. The number of alkyl halides is 22. The van der Waals surface area contributed by atoms with Crippen LogP contribution in [0.2, 0.25) is 0 Å². The molecule has 4 fully saturated rings. The van der Waals surface area contributed by atoms with E-state index in [1.165, 1.54) is 6.92 Å². The zero-order valence-corrected chi connectivity index (χ0v) is 20.5. The lowest BCUT2D eigenvalue weighted by atomic mass is 9.30. The van der Waals surface area contributed by atoms with Crippen LogP contribution in [0.3, 0.4) is 0 Å². The molecule has 0 radical (unpaired) electrons. The summed E-state index contributed by atoms with van der Waals surface area (Å²) in [5, 5.41) is 7.89. The molecular weight excluding hydrogens is 736 g/mol. The van der Waals surface area contributed by atoms with Gasteiger partial charge in [0, 0.05) is 5.57 Å². The Morgan fingerprint density at radius 3 is 0.870 bits per heavy atom. The number of rotatable bonds is 7. The summed E-state index contributed by atoms with van der Waals surface area (Å²) in [4.78, 5) is 11.2. The van der Waals surface area contributed by atoms with Crippen molar-refractivity contribution in [1.82, 2.24) is 0 Å². The van der Waals surface area contributed by atoms with Crippen LogP contribution in [0, 0.1) is 10.8 Å². The molecule has 4 aliphatic carbocycles. The molecule has 0 saturated heterocycles. The summed E-state index contributed by atoms with van der Waals surface area (Å²) in [7, 11) is 0. The van der Waals surface area contributed by atoms with Crippen LogP contribution in [-0.2, 0) is 14.7 Å². The Kier molecular flexibility index (Phi) is 7.85. The fourth-order valence-electron chi connectivity index (χ4n) is 5.63. The highest BCUT2D eigenvalue weighted by molar-refractivity contribution is 5.84. The summed E-state index contributed by atoms with van der Waals surface area (Å²) in [5.41, 5.74) is -37.4. The molecule has 4 bridgehead atoms. The van der Waals surface area contributed by atoms with Crippen molar-refractivity contribution in [1.29, 1.82) is 0 Å². The van der Waals surface area contributed by atoms with Crippen molar-refractivity contribution in [3.8, 4) is 0 Å². The predicted molar refractivity (Wildman–Crippen MR) is 88.8 cm³/mol. The molecule has 0 unspecified atom stereocenters. The molecule has 28 heteroatoms. The van der Waals surface area contributed by atoms with Gasteiger partial charge in [-0.25, -0.2) is 57.5 Å². The molecule has 0 aliphatic heterocycles. The Labute approximate surface area is 233 Å². The van der Waals surface area contributed by atoms with Gasteiger partial charge in [0.25, 0.3) is 5.92 Å². The molecule has 0 aromatic carbocycles. The van der Waals surface area contributed by atoms with Crippen molar-refractivity contribution in [3.63, 3.8) is 0 Å². The molecule has 0 amide bonds. The van der Waals surface area contributed by atoms with Crippen molar-refractivity contribution in [2.24, 2.45) is 10.8 Å². The van der Waals surface area contributed by atoms with Gasteiger partial charge in [0.05, 0.1) is 0 Å². The van der Waals surface area contributed by atoms with Crippen molar-refractivity contribution in [2.45, 2.75) is 77.9 Å². The highest BCUT2D eigenvalue weighted by Gasteiger charge is 3.27. The second-order valence-electron chi connectivity index (χ2n) is 9.69. The maximum absolute atomic E-state index is 15.2. The minimum Gasteiger partial charge on any atom is -0.478 e. The number of hydrogen-bond donors (Lipinski definition) is 1. The standard InChI is InChI=1S/C14F24O2.C4H6O2/c15-3-6(19,20)1(10(27,28)13(33,34)39-37)5(17,18)2(8(3,23)24,11(29,30)14(35,36)40-38)9(25,26)4(16,7(1,21)22)12(3,31)32;1-3(2)4(5)6/h;1H2,2H3,(H,5,6). The third kappa shape index (κ3) is 2.96. The zero-order valence-electron chi connectivity index (χ0n) is 20.5. The van der Waals surface area contributed by atoms with Crippen LogP contribution in [0.1, 0.15) is 6.92 Å². The summed E-state index contributed by atoms with van der Waals surface area (Å²) in [6.45, 7) is 4.60. The Hall–Kier alpha value is -2.55. The van der Waals surface area contributed by atoms with Crippen molar-refractivity contribution in [3.05, 3.63) is 12.2 Å². The number of hydrogen-bond acceptors (Lipinski definition) is 3. The fraction of sp³-hybridized carbons (Fsp3) is 0.833. The Morgan fingerprint density at radius 2 is 0.717 bits per heavy atom. The van der Waals surface area contributed by atoms with Gasteiger partial charge < -0.3 is 5.11 Å². The molecule has 270 valence electrons. The lowest BCUT2D eigenvalue weighted by Gasteiger charge is -2.78. The van der Waals surface area contributed by atoms with Crippen LogP contribution in [0.5, 0.6) is 0 Å². The molecule has 4 aliphatic rings. The van der Waals surface area contributed by atoms with Crippen LogP contribution in [0.15, 0.2) is 12.2 Å². The molecular formula is C18H6F24O4. The topological polar surface area (TPSA) is 55.8 Å². The van der Waals surface area contributed by atoms with Crippen molar-refractivity contribution in [2.75, 3.05) is 0 Å². The van der Waals surface area contributed by atoms with Crippen molar-refractivity contribution < 1.29 is 125 Å². The first-order valence-corrected chi connectivity index (χ1v) is 10.4. The third-order valence-electron chi connectivity index (χ3n) is 7.65. The monoisotopic (exact) mass is 742 g/mol. The highest BCUT2D eigenvalue weighted by atomic mass is 19.4. The predicted octanol–water partition coefficient (Wildman–Crippen LogP) is 8.13. The molecule has 0 heterocycles. The normalized spacial score (nSPS) is 36.5. The summed E-state index contributed by atoms with van der Waals surface area (Å²) in [6, 6.07) is 0. The number of halogens is 24. The van der Waals surface area contributed by atoms with E-state index in [-0.39, 0.29) is 5.57 Å². The maximum Gasteiger partial charge on any atom is 0.450 e. The molecule has 4 saturated carbocycles. The van der Waals surface area contributed by atoms with E-state index in [4.69, 9.17) is 5.11 Å². The quantitative estimate of drug-likeness (QED) is 0.212. The SMILES string of the molecule is C=C(C)C(=O)O.FOC(F)(F)C(F)(F)C12C(F)(F)C3(F)C(F)(F)C(F)(C1(F)F)C(F)(F)C(C(F)(F)C(F)(F)OF)(C3(F)F)C2(F)F. The molecule has 0 spiro atoms. The van der Waals surface area contributed by atoms with E-state index in [2.05, 4.69) is 6.58 Å². The smallest absolute Gasteiger partial charge is 0.450 e. The van der Waals surface area contributed by atoms with Crippen LogP contribution >= 0.6 is 0 Å². The number of aliphatic carboxylic acids is 1. The minimum absolute atomic E-state index is 0.176. The van der Waals surface area contributed by atoms with Gasteiger partial charge in [-0.3, -0.25) is 0 Å². The van der Waals surface area contributed by atoms with Crippen LogP contribution < -0.4 is 0 Å². The Bertz CT molecular complexity index is 1180. The van der Waals surface area contributed by atoms with Gasteiger partial charge >= 0.3 is 71.0 Å². The average Bonchev–Trinajstić information content (AvgIpc) is 2.84. The second-order valence-corrected chi connectivity index (χ2v) is 9.69. The molecule has 0 atom stereocenters. The number of carbonyl (C=O) groups is 1. The fourth-order valence-corrected chi connectivity index (χ4v) is 5.63. The maximum atomic E-state index is 15.2. The van der Waals surface area contributed by atoms with E-state index in [0.29, 0.717) is 0 Å². The molecule has 46 heavy (non-hydrogen) atoms. The van der Waals surface area contributed by atoms with E-state index in [0.717, 1.165) is 9.88 Å². The molecule has 4 rings (SSSR count). The van der Waals surface area contributed by atoms with E-state index in [1.807, 2.05) is 0 Å². The van der Waals surface area contributed by atoms with E-state index in [1.54, 1.807) is 0 Å². The molecule has 0 aromatic heterocycles. The van der Waals surface area contributed by atoms with Crippen LogP contribution in [0.4, 0.5) is 106 Å². The zero-order chi connectivity index (χ0) is 37.6. The first-order chi connectivity index (χ1) is 19.8. The van der Waals surface area contributed by atoms with E-state index in [9.17, 15) is 92.9 Å². The van der Waals surface area contributed by atoms with Gasteiger partial charge in [0.2, 0.25) is 10.8 Å². The largest absolute Gasteiger partial charge is 0.478 e. The van der Waals surface area contributed by atoms with E-state index >= 15 is 17.6 Å². The van der Waals surface area contributed by atoms with Gasteiger partial charge in [-0.1, -0.05) is 6.58 Å². The highest BCUT2D eigenvalue weighted by Crippen LogP contribution is 2.96. The summed E-state index contributed by atoms with van der Waals surface area (Å²) in [5.74, 6) is -75.7. The number of carboxylic acids is 1. The lowest BCUT2D eigenvalue weighted by Crippen LogP contribution is -3.10. The van der Waals surface area contributed by atoms with Gasteiger partial charge in [-0.05, 0) is 16.0 Å². The second kappa shape index (κ2) is 9.12. The molecule has 4 nitrogen and oxygen atoms in total. The van der Waals surface area contributed by atoms with E-state index < -0.39 is 87.7 Å². The van der Waals surface area contributed by atoms with Crippen LogP contribution in [-0.4, -0.2) is 82.0 Å². The lowest BCUT2D eigenvalue weighted by molar-refractivity contribution is -0.668. The number of carboxylic acid groups (broad SMARTS) is 1. The first-order valence-electron chi connectivity index (χ1n) is 10.4.